The van der Waals surface area contributed by atoms with E-state index in [1.807, 2.05) is 24.4 Å². The second-order valence-corrected chi connectivity index (χ2v) is 6.13. The number of aromatic nitrogens is 1. The van der Waals surface area contributed by atoms with Crippen LogP contribution in [0.5, 0.6) is 11.5 Å². The molecular formula is C16H23N5O2S. The number of anilines is 1. The molecule has 0 atom stereocenters. The maximum Gasteiger partial charge on any atom is 0.191 e. The van der Waals surface area contributed by atoms with Crippen molar-refractivity contribution in [1.29, 1.82) is 0 Å². The van der Waals surface area contributed by atoms with Crippen molar-refractivity contribution in [3.8, 4) is 11.5 Å². The van der Waals surface area contributed by atoms with Gasteiger partial charge in [-0.25, -0.2) is 4.98 Å². The van der Waals surface area contributed by atoms with Gasteiger partial charge in [-0.15, -0.1) is 11.3 Å². The molecule has 0 saturated carbocycles. The topological polar surface area (TPSA) is 82.0 Å². The standard InChI is InChI=1S/C16H23N5O2S/c1-17-15(19-9-12-10-24-16(20-12)21(2)3)18-8-11-7-13(23-4)5-6-14(11)22/h5-7,10,22H,8-9H2,1-4H3,(H2,17,18,19). The van der Waals surface area contributed by atoms with Crippen molar-refractivity contribution < 1.29 is 9.84 Å². The lowest BCUT2D eigenvalue weighted by Gasteiger charge is -2.12. The van der Waals surface area contributed by atoms with Gasteiger partial charge in [0.15, 0.2) is 11.1 Å². The van der Waals surface area contributed by atoms with Gasteiger partial charge in [-0.3, -0.25) is 4.99 Å². The van der Waals surface area contributed by atoms with E-state index in [-0.39, 0.29) is 5.75 Å². The number of rotatable bonds is 6. The van der Waals surface area contributed by atoms with Crippen molar-refractivity contribution in [2.75, 3.05) is 33.2 Å². The van der Waals surface area contributed by atoms with Gasteiger partial charge in [0.25, 0.3) is 0 Å². The highest BCUT2D eigenvalue weighted by molar-refractivity contribution is 7.13. The van der Waals surface area contributed by atoms with Gasteiger partial charge in [0.2, 0.25) is 0 Å². The number of hydrogen-bond donors (Lipinski definition) is 3. The van der Waals surface area contributed by atoms with Crippen LogP contribution in [0.3, 0.4) is 0 Å². The van der Waals surface area contributed by atoms with Crippen molar-refractivity contribution in [3.63, 3.8) is 0 Å². The molecule has 130 valence electrons. The van der Waals surface area contributed by atoms with Crippen LogP contribution in [-0.2, 0) is 13.1 Å². The Labute approximate surface area is 146 Å². The summed E-state index contributed by atoms with van der Waals surface area (Å²) in [6.07, 6.45) is 0. The van der Waals surface area contributed by atoms with E-state index < -0.39 is 0 Å². The van der Waals surface area contributed by atoms with Crippen molar-refractivity contribution in [3.05, 3.63) is 34.8 Å². The van der Waals surface area contributed by atoms with E-state index in [0.29, 0.717) is 24.8 Å². The van der Waals surface area contributed by atoms with Crippen LogP contribution in [0, 0.1) is 0 Å². The smallest absolute Gasteiger partial charge is 0.191 e. The molecule has 8 heteroatoms. The number of benzene rings is 1. The summed E-state index contributed by atoms with van der Waals surface area (Å²) in [5.74, 6) is 1.55. The van der Waals surface area contributed by atoms with Crippen LogP contribution < -0.4 is 20.3 Å². The Balaban J connectivity index is 1.90. The first kappa shape index (κ1) is 17.9. The Morgan fingerprint density at radius 2 is 2.08 bits per heavy atom. The molecule has 0 saturated heterocycles. The zero-order valence-corrected chi connectivity index (χ0v) is 15.1. The number of aromatic hydroxyl groups is 1. The first-order valence-electron chi connectivity index (χ1n) is 7.45. The first-order chi connectivity index (χ1) is 11.5. The predicted molar refractivity (Wildman–Crippen MR) is 98.1 cm³/mol. The molecular weight excluding hydrogens is 326 g/mol. The first-order valence-corrected chi connectivity index (χ1v) is 8.33. The van der Waals surface area contributed by atoms with E-state index in [1.165, 1.54) is 0 Å². The largest absolute Gasteiger partial charge is 0.508 e. The number of thiazole rings is 1. The fourth-order valence-corrected chi connectivity index (χ4v) is 2.75. The number of hydrogen-bond acceptors (Lipinski definition) is 6. The molecule has 2 aromatic rings. The molecule has 0 spiro atoms. The zero-order chi connectivity index (χ0) is 17.5. The number of methoxy groups -OCH3 is 1. The van der Waals surface area contributed by atoms with Crippen LogP contribution in [-0.4, -0.2) is 44.3 Å². The average molecular weight is 349 g/mol. The third-order valence-electron chi connectivity index (χ3n) is 3.32. The number of nitrogens with one attached hydrogen (secondary N) is 2. The second kappa shape index (κ2) is 8.39. The predicted octanol–water partition coefficient (Wildman–Crippen LogP) is 1.79. The summed E-state index contributed by atoms with van der Waals surface area (Å²) >= 11 is 1.60. The van der Waals surface area contributed by atoms with Gasteiger partial charge in [0.05, 0.1) is 19.3 Å². The molecule has 1 aromatic carbocycles. The Bertz CT molecular complexity index is 700. The number of aliphatic imine (C=N–C) groups is 1. The molecule has 24 heavy (non-hydrogen) atoms. The maximum absolute atomic E-state index is 9.91. The Morgan fingerprint density at radius 3 is 2.71 bits per heavy atom. The minimum atomic E-state index is 0.217. The molecule has 0 amide bonds. The lowest BCUT2D eigenvalue weighted by molar-refractivity contribution is 0.410. The van der Waals surface area contributed by atoms with Crippen LogP contribution >= 0.6 is 11.3 Å². The van der Waals surface area contributed by atoms with Gasteiger partial charge in [-0.2, -0.15) is 0 Å². The molecule has 0 bridgehead atoms. The molecule has 1 heterocycles. The van der Waals surface area contributed by atoms with E-state index in [1.54, 1.807) is 43.7 Å². The molecule has 3 N–H and O–H groups in total. The fraction of sp³-hybridized carbons (Fsp3) is 0.375. The van der Waals surface area contributed by atoms with Gasteiger partial charge < -0.3 is 25.4 Å². The van der Waals surface area contributed by atoms with E-state index in [0.717, 1.165) is 16.4 Å². The summed E-state index contributed by atoms with van der Waals surface area (Å²) < 4.78 is 5.17. The van der Waals surface area contributed by atoms with Gasteiger partial charge in [-0.05, 0) is 18.2 Å². The second-order valence-electron chi connectivity index (χ2n) is 5.29. The summed E-state index contributed by atoms with van der Waals surface area (Å²) in [6, 6.07) is 5.12. The highest BCUT2D eigenvalue weighted by Crippen LogP contribution is 2.22. The number of ether oxygens (including phenoxy) is 1. The van der Waals surface area contributed by atoms with Gasteiger partial charge in [0.1, 0.15) is 11.5 Å². The number of phenolic OH excluding ortho intramolecular Hbond substituents is 1. The summed E-state index contributed by atoms with van der Waals surface area (Å²) in [4.78, 5) is 10.7. The molecule has 7 nitrogen and oxygen atoms in total. The Kier molecular flexibility index (Phi) is 6.25. The lowest BCUT2D eigenvalue weighted by atomic mass is 10.2. The lowest BCUT2D eigenvalue weighted by Crippen LogP contribution is -2.36. The minimum absolute atomic E-state index is 0.217. The molecule has 0 radical (unpaired) electrons. The van der Waals surface area contributed by atoms with Crippen molar-refractivity contribution in [1.82, 2.24) is 15.6 Å². The number of nitrogens with zero attached hydrogens (tertiary/aromatic N) is 3. The van der Waals surface area contributed by atoms with Crippen LogP contribution in [0.25, 0.3) is 0 Å². The van der Waals surface area contributed by atoms with Gasteiger partial charge in [0, 0.05) is 38.6 Å². The van der Waals surface area contributed by atoms with Crippen LogP contribution in [0.1, 0.15) is 11.3 Å². The summed E-state index contributed by atoms with van der Waals surface area (Å²) in [5, 5.41) is 19.3. The summed E-state index contributed by atoms with van der Waals surface area (Å²) in [6.45, 7) is 1.01. The normalized spacial score (nSPS) is 11.2. The monoisotopic (exact) mass is 349 g/mol. The SMILES string of the molecule is CN=C(NCc1csc(N(C)C)n1)NCc1cc(OC)ccc1O. The van der Waals surface area contributed by atoms with E-state index in [9.17, 15) is 5.11 Å². The summed E-state index contributed by atoms with van der Waals surface area (Å²) in [5.41, 5.74) is 1.69. The minimum Gasteiger partial charge on any atom is -0.508 e. The summed E-state index contributed by atoms with van der Waals surface area (Å²) in [7, 11) is 7.24. The van der Waals surface area contributed by atoms with E-state index in [4.69, 9.17) is 4.74 Å². The molecule has 0 aliphatic rings. The van der Waals surface area contributed by atoms with E-state index >= 15 is 0 Å². The zero-order valence-electron chi connectivity index (χ0n) is 14.3. The number of guanidine groups is 1. The average Bonchev–Trinajstić information content (AvgIpc) is 3.05. The van der Waals surface area contributed by atoms with E-state index in [2.05, 4.69) is 20.6 Å². The van der Waals surface area contributed by atoms with Crippen LogP contribution in [0.2, 0.25) is 0 Å². The molecule has 2 rings (SSSR count). The molecule has 0 unspecified atom stereocenters. The van der Waals surface area contributed by atoms with Crippen molar-refractivity contribution in [2.24, 2.45) is 4.99 Å². The third-order valence-corrected chi connectivity index (χ3v) is 4.37. The van der Waals surface area contributed by atoms with Crippen molar-refractivity contribution in [2.45, 2.75) is 13.1 Å². The van der Waals surface area contributed by atoms with Crippen LogP contribution in [0.15, 0.2) is 28.6 Å². The maximum atomic E-state index is 9.91. The number of phenols is 1. The highest BCUT2D eigenvalue weighted by atomic mass is 32.1. The molecule has 1 aromatic heterocycles. The third kappa shape index (κ3) is 4.76. The van der Waals surface area contributed by atoms with Crippen molar-refractivity contribution >= 4 is 22.4 Å². The molecule has 0 aliphatic carbocycles. The van der Waals surface area contributed by atoms with Gasteiger partial charge >= 0.3 is 0 Å². The Hall–Kier alpha value is -2.48. The highest BCUT2D eigenvalue weighted by Gasteiger charge is 2.07. The van der Waals surface area contributed by atoms with Crippen LogP contribution in [0.4, 0.5) is 5.13 Å². The molecule has 0 aliphatic heterocycles. The Morgan fingerprint density at radius 1 is 1.33 bits per heavy atom. The quantitative estimate of drug-likeness (QED) is 0.545. The van der Waals surface area contributed by atoms with Gasteiger partial charge in [-0.1, -0.05) is 0 Å². The fourth-order valence-electron chi connectivity index (χ4n) is 1.99. The molecule has 0 fully saturated rings.